The molecule has 4 nitrogen and oxygen atoms in total. The first-order valence-electron chi connectivity index (χ1n) is 39.7. The van der Waals surface area contributed by atoms with Crippen LogP contribution in [-0.2, 0) is 16.2 Å². The molecule has 3 aliphatic rings. The van der Waals surface area contributed by atoms with Crippen LogP contribution in [0.25, 0.3) is 77.0 Å². The molecular formula is C111H80N4. The van der Waals surface area contributed by atoms with Gasteiger partial charge in [-0.25, -0.2) is 0 Å². The minimum atomic E-state index is -0.490. The molecule has 0 saturated carbocycles. The normalized spacial score (nSPS) is 13.1. The summed E-state index contributed by atoms with van der Waals surface area (Å²) in [4.78, 5) is 4.91. The Morgan fingerprint density at radius 1 is 0.209 bits per heavy atom. The van der Waals surface area contributed by atoms with Crippen LogP contribution in [0.15, 0.2) is 449 Å². The van der Waals surface area contributed by atoms with Crippen LogP contribution in [0, 0.1) is 6.92 Å². The van der Waals surface area contributed by atoms with Crippen molar-refractivity contribution < 1.29 is 0 Å². The molecule has 0 bridgehead atoms. The van der Waals surface area contributed by atoms with Gasteiger partial charge in [-0.05, 0) is 196 Å². The van der Waals surface area contributed by atoms with Crippen LogP contribution in [-0.4, -0.2) is 4.98 Å². The molecule has 115 heavy (non-hydrogen) atoms. The van der Waals surface area contributed by atoms with Crippen molar-refractivity contribution in [2.75, 3.05) is 16.0 Å². The number of rotatable bonds is 13. The highest BCUT2D eigenvalue weighted by molar-refractivity contribution is 6.06. The van der Waals surface area contributed by atoms with Gasteiger partial charge in [-0.15, -0.1) is 0 Å². The zero-order chi connectivity index (χ0) is 76.7. The highest BCUT2D eigenvalue weighted by atomic mass is 14.9. The lowest BCUT2D eigenvalue weighted by molar-refractivity contribution is 0.768. The van der Waals surface area contributed by atoms with Gasteiger partial charge in [0.2, 0.25) is 0 Å². The number of aryl methyl sites for hydroxylation is 1. The summed E-state index contributed by atoms with van der Waals surface area (Å²) in [7, 11) is 0. The van der Waals surface area contributed by atoms with Crippen molar-refractivity contribution in [2.24, 2.45) is 0 Å². The molecule has 0 saturated heterocycles. The van der Waals surface area contributed by atoms with Crippen LogP contribution in [0.4, 0.5) is 34.1 Å². The first-order chi connectivity index (χ1) is 56.9. The van der Waals surface area contributed by atoms with E-state index in [2.05, 4.69) is 466 Å². The Kier molecular flexibility index (Phi) is 17.8. The van der Waals surface area contributed by atoms with Crippen LogP contribution in [0.2, 0.25) is 0 Å². The lowest BCUT2D eigenvalue weighted by atomic mass is 9.67. The predicted octanol–water partition coefficient (Wildman–Crippen LogP) is 28.2. The minimum absolute atomic E-state index is 0.336. The lowest BCUT2D eigenvalue weighted by Crippen LogP contribution is -2.28. The second-order valence-electron chi connectivity index (χ2n) is 30.3. The van der Waals surface area contributed by atoms with Gasteiger partial charge in [0.25, 0.3) is 0 Å². The summed E-state index contributed by atoms with van der Waals surface area (Å²) < 4.78 is 0. The molecule has 22 rings (SSSR count). The zero-order valence-electron chi connectivity index (χ0n) is 63.7. The van der Waals surface area contributed by atoms with E-state index in [0.717, 1.165) is 45.0 Å². The molecule has 4 heteroatoms. The van der Waals surface area contributed by atoms with E-state index in [9.17, 15) is 0 Å². The summed E-state index contributed by atoms with van der Waals surface area (Å²) in [5, 5.41) is 17.0. The smallest absolute Gasteiger partial charge is 0.0781 e. The van der Waals surface area contributed by atoms with Crippen LogP contribution >= 0.6 is 0 Å². The molecule has 0 spiro atoms. The number of aromatic nitrogens is 1. The van der Waals surface area contributed by atoms with E-state index in [0.29, 0.717) is 0 Å². The molecular weight excluding hydrogens is 1390 g/mol. The summed E-state index contributed by atoms with van der Waals surface area (Å²) in [6, 6.07) is 160. The molecule has 19 aromatic rings. The maximum Gasteiger partial charge on any atom is 0.0781 e. The molecule has 0 fully saturated rings. The number of nitrogens with one attached hydrogen (secondary N) is 3. The third-order valence-corrected chi connectivity index (χ3v) is 23.8. The van der Waals surface area contributed by atoms with Gasteiger partial charge >= 0.3 is 0 Å². The van der Waals surface area contributed by atoms with Crippen molar-refractivity contribution in [1.29, 1.82) is 0 Å². The van der Waals surface area contributed by atoms with Crippen molar-refractivity contribution in [3.8, 4) is 44.5 Å². The van der Waals surface area contributed by atoms with E-state index in [1.54, 1.807) is 0 Å². The molecule has 3 N–H and O–H groups in total. The number of fused-ring (bicyclic) bond motifs is 13. The SMILES string of the molecule is Cc1ccc(Nc2ccc3c(c2)-c2ccccc2C3(c2ccccc2)c2ccccc2)cc1.c1ccc(-c2ccc3c(c2)C(c2ccccc2)(c2ccccc2)c2cc(Nc4cnc5c(ccc6ccccc65)c4)ccc2-3)cc1.c1ccc(C2(c3ccccc3)c3ccccc3-c3ccc(Nc4cccc5ccccc45)cc32)cc1. The van der Waals surface area contributed by atoms with Crippen molar-refractivity contribution in [3.05, 3.63) is 521 Å². The van der Waals surface area contributed by atoms with Crippen LogP contribution in [0.3, 0.4) is 0 Å². The molecule has 3 aliphatic carbocycles. The molecule has 0 aliphatic heterocycles. The highest BCUT2D eigenvalue weighted by Gasteiger charge is 2.49. The fraction of sp³-hybridized carbons (Fsp3) is 0.0360. The van der Waals surface area contributed by atoms with Gasteiger partial charge in [0, 0.05) is 44.6 Å². The Bertz CT molecular complexity index is 6660. The second-order valence-corrected chi connectivity index (χ2v) is 30.3. The zero-order valence-corrected chi connectivity index (χ0v) is 63.7. The third kappa shape index (κ3) is 12.0. The Balaban J connectivity index is 0.000000113. The molecule has 0 radical (unpaired) electrons. The summed E-state index contributed by atoms with van der Waals surface area (Å²) in [6.07, 6.45) is 1.95. The maximum atomic E-state index is 4.91. The van der Waals surface area contributed by atoms with Gasteiger partial charge < -0.3 is 16.0 Å². The molecule has 18 aromatic carbocycles. The monoisotopic (exact) mass is 1470 g/mol. The third-order valence-electron chi connectivity index (χ3n) is 23.8. The molecule has 0 unspecified atom stereocenters. The van der Waals surface area contributed by atoms with Crippen molar-refractivity contribution in [3.63, 3.8) is 0 Å². The maximum absolute atomic E-state index is 4.91. The highest BCUT2D eigenvalue weighted by Crippen LogP contribution is 2.60. The van der Waals surface area contributed by atoms with E-state index in [4.69, 9.17) is 4.98 Å². The first kappa shape index (κ1) is 69.5. The van der Waals surface area contributed by atoms with E-state index >= 15 is 0 Å². The second kappa shape index (κ2) is 29.5. The number of benzene rings is 18. The number of nitrogens with zero attached hydrogens (tertiary/aromatic N) is 1. The van der Waals surface area contributed by atoms with Crippen LogP contribution in [0.1, 0.15) is 72.3 Å². The average molecular weight is 1470 g/mol. The lowest BCUT2D eigenvalue weighted by Gasteiger charge is -2.34. The summed E-state index contributed by atoms with van der Waals surface area (Å²) in [5.41, 5.74) is 33.2. The predicted molar refractivity (Wildman–Crippen MR) is 481 cm³/mol. The first-order valence-corrected chi connectivity index (χ1v) is 39.7. The van der Waals surface area contributed by atoms with Crippen molar-refractivity contribution in [2.45, 2.75) is 23.2 Å². The Morgan fingerprint density at radius 2 is 0.574 bits per heavy atom. The average Bonchev–Trinajstić information content (AvgIpc) is 1.56. The summed E-state index contributed by atoms with van der Waals surface area (Å²) in [5.74, 6) is 0. The van der Waals surface area contributed by atoms with E-state index in [-0.39, 0.29) is 10.8 Å². The van der Waals surface area contributed by atoms with Gasteiger partial charge in [-0.2, -0.15) is 0 Å². The van der Waals surface area contributed by atoms with E-state index < -0.39 is 5.41 Å². The minimum Gasteiger partial charge on any atom is -0.356 e. The van der Waals surface area contributed by atoms with Gasteiger partial charge in [0.05, 0.1) is 33.6 Å². The van der Waals surface area contributed by atoms with Crippen molar-refractivity contribution in [1.82, 2.24) is 4.98 Å². The summed E-state index contributed by atoms with van der Waals surface area (Å²) >= 11 is 0. The molecule has 1 heterocycles. The Morgan fingerprint density at radius 3 is 1.12 bits per heavy atom. The number of anilines is 6. The number of pyridine rings is 1. The summed E-state index contributed by atoms with van der Waals surface area (Å²) in [6.45, 7) is 2.11. The molecule has 1 aromatic heterocycles. The van der Waals surface area contributed by atoms with Gasteiger partial charge in [0.1, 0.15) is 0 Å². The number of hydrogen-bond acceptors (Lipinski definition) is 4. The topological polar surface area (TPSA) is 49.0 Å². The quantitative estimate of drug-likeness (QED) is 0.101. The fourth-order valence-electron chi connectivity index (χ4n) is 18.8. The molecule has 0 amide bonds. The van der Waals surface area contributed by atoms with Gasteiger partial charge in [0.15, 0.2) is 0 Å². The standard InChI is InChI=1S/C44H30N2.C35H25N.C32H25N/c1-4-12-30(13-5-1)32-22-24-39-40-25-23-36(46-37-26-33-21-20-31-14-10-11-19-38(31)43(33)45-29-37)28-42(40)44(41(39)27-32,34-15-6-2-7-16-34)35-17-8-3-9-18-35;1-3-14-26(15-4-1)35(27-16-5-2-6-17-27)32-20-10-9-19-30(32)31-23-22-28(24-33(31)35)36-34-21-11-13-25-12-7-8-18-29(25)34;1-23-16-18-26(19-17-23)33-27-20-21-31-29(22-27)28-14-8-9-15-30(28)32(31,24-10-4-2-5-11-24)25-12-6-3-7-13-25/h1-29,46H;1-24,36H;2-22,33H,1H3. The van der Waals surface area contributed by atoms with Gasteiger partial charge in [-0.3, -0.25) is 4.98 Å². The van der Waals surface area contributed by atoms with E-state index in [1.165, 1.54) is 138 Å². The fourth-order valence-corrected chi connectivity index (χ4v) is 18.8. The Hall–Kier alpha value is -14.7. The largest absolute Gasteiger partial charge is 0.356 e. The van der Waals surface area contributed by atoms with Crippen LogP contribution in [0.5, 0.6) is 0 Å². The van der Waals surface area contributed by atoms with E-state index in [1.807, 2.05) is 6.20 Å². The van der Waals surface area contributed by atoms with Crippen molar-refractivity contribution >= 4 is 66.6 Å². The molecule has 544 valence electrons. The molecule has 0 atom stereocenters. The number of hydrogen-bond donors (Lipinski definition) is 3. The Labute approximate surface area is 672 Å². The van der Waals surface area contributed by atoms with Gasteiger partial charge in [-0.1, -0.05) is 382 Å². The van der Waals surface area contributed by atoms with Crippen LogP contribution < -0.4 is 16.0 Å².